The molecule has 0 fully saturated rings. The van der Waals surface area contributed by atoms with E-state index in [1.807, 2.05) is 60.7 Å². The first-order chi connectivity index (χ1) is 20.3. The second kappa shape index (κ2) is 17.6. The minimum absolute atomic E-state index is 0.0362. The molecule has 0 spiro atoms. The number of hydrogen-bond donors (Lipinski definition) is 2. The summed E-state index contributed by atoms with van der Waals surface area (Å²) in [4.78, 5) is 11.2. The SMILES string of the molecule is CCOC(=O)c1ccc(NC)cc1F.COc1ccc(/C=C/C=C/C(=N)/C=C/c2ccc(OC)c(OC)c2)cc1OC. The van der Waals surface area contributed by atoms with Crippen LogP contribution in [0.4, 0.5) is 10.1 Å². The third-order valence-electron chi connectivity index (χ3n) is 5.70. The van der Waals surface area contributed by atoms with Crippen LogP contribution in [0, 0.1) is 11.2 Å². The van der Waals surface area contributed by atoms with Gasteiger partial charge in [-0.2, -0.15) is 0 Å². The summed E-state index contributed by atoms with van der Waals surface area (Å²) in [5, 5.41) is 10.8. The Labute approximate surface area is 246 Å². The van der Waals surface area contributed by atoms with Crippen molar-refractivity contribution in [3.63, 3.8) is 0 Å². The molecule has 0 aliphatic heterocycles. The molecule has 0 atom stereocenters. The zero-order valence-corrected chi connectivity index (χ0v) is 24.7. The predicted octanol–water partition coefficient (Wildman–Crippen LogP) is 7.07. The summed E-state index contributed by atoms with van der Waals surface area (Å²) >= 11 is 0. The average molecular weight is 577 g/mol. The van der Waals surface area contributed by atoms with E-state index in [2.05, 4.69) is 10.1 Å². The molecule has 0 amide bonds. The van der Waals surface area contributed by atoms with Crippen molar-refractivity contribution in [2.24, 2.45) is 0 Å². The monoisotopic (exact) mass is 576 g/mol. The van der Waals surface area contributed by atoms with Crippen LogP contribution in [0.3, 0.4) is 0 Å². The zero-order valence-electron chi connectivity index (χ0n) is 24.7. The number of hydrogen-bond acceptors (Lipinski definition) is 8. The number of esters is 1. The molecule has 0 aliphatic rings. The molecule has 8 nitrogen and oxygen atoms in total. The fourth-order valence-corrected chi connectivity index (χ4v) is 3.53. The topological polar surface area (TPSA) is 99.1 Å². The Balaban J connectivity index is 0.000000369. The fourth-order valence-electron chi connectivity index (χ4n) is 3.53. The summed E-state index contributed by atoms with van der Waals surface area (Å²) in [6.07, 6.45) is 10.9. The number of allylic oxidation sites excluding steroid dienone is 4. The van der Waals surface area contributed by atoms with Crippen molar-refractivity contribution in [2.45, 2.75) is 6.92 Å². The van der Waals surface area contributed by atoms with Crippen molar-refractivity contribution in [2.75, 3.05) is 47.4 Å². The Bertz CT molecular complexity index is 1430. The number of methoxy groups -OCH3 is 4. The molecule has 0 heterocycles. The highest BCUT2D eigenvalue weighted by Crippen LogP contribution is 2.29. The lowest BCUT2D eigenvalue weighted by Gasteiger charge is -2.07. The smallest absolute Gasteiger partial charge is 0.341 e. The number of ether oxygens (including phenoxy) is 5. The van der Waals surface area contributed by atoms with E-state index in [-0.39, 0.29) is 12.2 Å². The first kappa shape index (κ1) is 33.2. The van der Waals surface area contributed by atoms with Crippen LogP contribution in [-0.4, -0.2) is 53.8 Å². The normalized spacial score (nSPS) is 10.7. The lowest BCUT2D eigenvalue weighted by atomic mass is 10.1. The van der Waals surface area contributed by atoms with Crippen LogP contribution in [0.2, 0.25) is 0 Å². The van der Waals surface area contributed by atoms with Gasteiger partial charge < -0.3 is 34.4 Å². The molecule has 3 rings (SSSR count). The van der Waals surface area contributed by atoms with Crippen molar-refractivity contribution in [3.8, 4) is 23.0 Å². The predicted molar refractivity (Wildman–Crippen MR) is 166 cm³/mol. The largest absolute Gasteiger partial charge is 0.493 e. The van der Waals surface area contributed by atoms with Gasteiger partial charge in [0.1, 0.15) is 5.82 Å². The Morgan fingerprint density at radius 3 is 1.86 bits per heavy atom. The van der Waals surface area contributed by atoms with E-state index in [0.29, 0.717) is 34.4 Å². The van der Waals surface area contributed by atoms with Crippen molar-refractivity contribution >= 4 is 29.5 Å². The van der Waals surface area contributed by atoms with E-state index < -0.39 is 11.8 Å². The van der Waals surface area contributed by atoms with Crippen LogP contribution < -0.4 is 24.3 Å². The van der Waals surface area contributed by atoms with Gasteiger partial charge in [-0.05, 0) is 72.7 Å². The van der Waals surface area contributed by atoms with Crippen LogP contribution in [0.15, 0.2) is 78.9 Å². The maximum absolute atomic E-state index is 13.3. The Kier molecular flexibility index (Phi) is 13.9. The number of rotatable bonds is 12. The summed E-state index contributed by atoms with van der Waals surface area (Å²) in [5.74, 6) is 1.50. The molecule has 42 heavy (non-hydrogen) atoms. The van der Waals surface area contributed by atoms with E-state index in [1.54, 1.807) is 60.6 Å². The molecule has 0 aromatic heterocycles. The lowest BCUT2D eigenvalue weighted by molar-refractivity contribution is 0.0521. The molecule has 0 aliphatic carbocycles. The van der Waals surface area contributed by atoms with Crippen molar-refractivity contribution in [1.29, 1.82) is 5.41 Å². The summed E-state index contributed by atoms with van der Waals surface area (Å²) in [7, 11) is 8.09. The highest BCUT2D eigenvalue weighted by molar-refractivity contribution is 6.04. The second-order valence-corrected chi connectivity index (χ2v) is 8.40. The quantitative estimate of drug-likeness (QED) is 0.135. The van der Waals surface area contributed by atoms with E-state index in [9.17, 15) is 9.18 Å². The van der Waals surface area contributed by atoms with Gasteiger partial charge in [0.05, 0.1) is 46.3 Å². The average Bonchev–Trinajstić information content (AvgIpc) is 3.01. The number of halogens is 1. The standard InChI is InChI=1S/C23H25NO4.C10H12FNO2/c1-25-20-13-10-17(15-22(20)27-3)7-5-6-8-19(24)12-9-18-11-14-21(26-2)23(16-18)28-4;1-3-14-10(13)8-5-4-7(12-2)6-9(8)11/h5-16,24H,1-4H3;4-6,12H,3H2,1-2H3/b7-5+,8-6+,12-9+,24-19?;. The zero-order chi connectivity index (χ0) is 30.9. The number of anilines is 1. The molecular weight excluding hydrogens is 539 g/mol. The number of benzene rings is 3. The fraction of sp³-hybridized carbons (Fsp3) is 0.212. The van der Waals surface area contributed by atoms with Gasteiger partial charge >= 0.3 is 5.97 Å². The Morgan fingerprint density at radius 2 is 1.36 bits per heavy atom. The van der Waals surface area contributed by atoms with Crippen LogP contribution in [0.5, 0.6) is 23.0 Å². The van der Waals surface area contributed by atoms with E-state index in [0.717, 1.165) is 11.1 Å². The third kappa shape index (κ3) is 10.2. The summed E-state index contributed by atoms with van der Waals surface area (Å²) in [6.45, 7) is 1.92. The molecule has 0 radical (unpaired) electrons. The third-order valence-corrected chi connectivity index (χ3v) is 5.70. The number of nitrogens with one attached hydrogen (secondary N) is 2. The van der Waals surface area contributed by atoms with Crippen LogP contribution in [0.1, 0.15) is 28.4 Å². The van der Waals surface area contributed by atoms with Gasteiger partial charge in [0.15, 0.2) is 23.0 Å². The van der Waals surface area contributed by atoms with Gasteiger partial charge in [-0.3, -0.25) is 0 Å². The molecule has 0 saturated carbocycles. The minimum Gasteiger partial charge on any atom is -0.493 e. The van der Waals surface area contributed by atoms with Gasteiger partial charge in [-0.1, -0.05) is 36.4 Å². The van der Waals surface area contributed by atoms with Gasteiger partial charge in [-0.25, -0.2) is 9.18 Å². The Hall–Kier alpha value is -5.05. The summed E-state index contributed by atoms with van der Waals surface area (Å²) in [6, 6.07) is 15.6. The van der Waals surface area contributed by atoms with Gasteiger partial charge in [-0.15, -0.1) is 0 Å². The van der Waals surface area contributed by atoms with Gasteiger partial charge in [0, 0.05) is 12.7 Å². The van der Waals surface area contributed by atoms with Crippen LogP contribution >= 0.6 is 0 Å². The summed E-state index contributed by atoms with van der Waals surface area (Å²) in [5.41, 5.74) is 2.87. The van der Waals surface area contributed by atoms with E-state index >= 15 is 0 Å². The van der Waals surface area contributed by atoms with Gasteiger partial charge in [0.2, 0.25) is 0 Å². The first-order valence-electron chi connectivity index (χ1n) is 13.0. The highest BCUT2D eigenvalue weighted by Gasteiger charge is 2.12. The van der Waals surface area contributed by atoms with E-state index in [4.69, 9.17) is 24.4 Å². The van der Waals surface area contributed by atoms with Crippen molar-refractivity contribution < 1.29 is 32.9 Å². The maximum atomic E-state index is 13.3. The molecule has 0 bridgehead atoms. The highest BCUT2D eigenvalue weighted by atomic mass is 19.1. The van der Waals surface area contributed by atoms with Crippen molar-refractivity contribution in [1.82, 2.24) is 0 Å². The molecule has 3 aromatic carbocycles. The molecule has 3 aromatic rings. The molecular formula is C33H37FN2O6. The van der Waals surface area contributed by atoms with Crippen LogP contribution in [0.25, 0.3) is 12.2 Å². The van der Waals surface area contributed by atoms with Crippen LogP contribution in [-0.2, 0) is 4.74 Å². The van der Waals surface area contributed by atoms with E-state index in [1.165, 1.54) is 12.1 Å². The molecule has 2 N–H and O–H groups in total. The van der Waals surface area contributed by atoms with Crippen molar-refractivity contribution in [3.05, 3.63) is 101 Å². The molecule has 0 unspecified atom stereocenters. The Morgan fingerprint density at radius 1 is 0.786 bits per heavy atom. The molecule has 0 saturated heterocycles. The molecule has 222 valence electrons. The lowest BCUT2D eigenvalue weighted by Crippen LogP contribution is -2.07. The second-order valence-electron chi connectivity index (χ2n) is 8.40. The number of carbonyl (C=O) groups excluding carboxylic acids is 1. The van der Waals surface area contributed by atoms with Gasteiger partial charge in [0.25, 0.3) is 0 Å². The maximum Gasteiger partial charge on any atom is 0.341 e. The first-order valence-corrected chi connectivity index (χ1v) is 13.0. The minimum atomic E-state index is -0.632. The summed E-state index contributed by atoms with van der Waals surface area (Å²) < 4.78 is 39.0. The number of carbonyl (C=O) groups is 1. The molecule has 9 heteroatoms.